The average molecular weight is 435 g/mol. The topological polar surface area (TPSA) is 83.8 Å². The Kier molecular flexibility index (Phi) is 7.85. The normalized spacial score (nSPS) is 12.2. The Morgan fingerprint density at radius 1 is 1.19 bits per heavy atom. The average Bonchev–Trinajstić information content (AvgIpc) is 3.36. The Balaban J connectivity index is 1.74. The van der Waals surface area contributed by atoms with Crippen LogP contribution in [-0.2, 0) is 11.3 Å². The van der Waals surface area contributed by atoms with Crippen LogP contribution in [0.15, 0.2) is 72.0 Å². The molecule has 3 rings (SSSR count). The van der Waals surface area contributed by atoms with Gasteiger partial charge in [-0.1, -0.05) is 24.3 Å². The van der Waals surface area contributed by atoms with Gasteiger partial charge in [-0.15, -0.1) is 0 Å². The second-order valence-corrected chi connectivity index (χ2v) is 7.57. The number of likely N-dealkylation sites (N-methyl/N-ethyl adjacent to an activating group) is 1. The first-order valence-corrected chi connectivity index (χ1v) is 10.4. The molecule has 1 atom stereocenters. The lowest BCUT2D eigenvalue weighted by Gasteiger charge is -2.20. The van der Waals surface area contributed by atoms with Crippen molar-refractivity contribution in [1.82, 2.24) is 25.3 Å². The summed E-state index contributed by atoms with van der Waals surface area (Å²) in [7, 11) is 5.10. The van der Waals surface area contributed by atoms with Crippen LogP contribution in [0.25, 0.3) is 5.69 Å². The fraction of sp³-hybridized carbons (Fsp3) is 0.292. The molecule has 0 bridgehead atoms. The summed E-state index contributed by atoms with van der Waals surface area (Å²) in [5.41, 5.74) is 3.10. The van der Waals surface area contributed by atoms with E-state index >= 15 is 0 Å². The van der Waals surface area contributed by atoms with Gasteiger partial charge in [0.25, 0.3) is 0 Å². The Hall–Kier alpha value is -3.81. The van der Waals surface area contributed by atoms with Gasteiger partial charge in [-0.2, -0.15) is 5.10 Å². The molecule has 1 aromatic heterocycles. The van der Waals surface area contributed by atoms with Crippen molar-refractivity contribution >= 4 is 11.9 Å². The van der Waals surface area contributed by atoms with Crippen molar-refractivity contribution in [2.45, 2.75) is 19.5 Å². The third-order valence-corrected chi connectivity index (χ3v) is 4.98. The number of aromatic nitrogens is 2. The lowest BCUT2D eigenvalue weighted by Crippen LogP contribution is -2.43. The van der Waals surface area contributed by atoms with Gasteiger partial charge in [0, 0.05) is 26.5 Å². The highest BCUT2D eigenvalue weighted by Gasteiger charge is 2.12. The van der Waals surface area contributed by atoms with E-state index in [1.165, 1.54) is 0 Å². The van der Waals surface area contributed by atoms with Gasteiger partial charge >= 0.3 is 0 Å². The molecule has 3 aromatic rings. The number of guanidine groups is 1. The van der Waals surface area contributed by atoms with Crippen LogP contribution in [0.3, 0.4) is 0 Å². The van der Waals surface area contributed by atoms with Gasteiger partial charge in [-0.05, 0) is 48.4 Å². The highest BCUT2D eigenvalue weighted by molar-refractivity contribution is 5.86. The predicted octanol–water partition coefficient (Wildman–Crippen LogP) is 2.77. The molecule has 0 saturated heterocycles. The van der Waals surface area contributed by atoms with Crippen LogP contribution in [0.1, 0.15) is 24.1 Å². The Morgan fingerprint density at radius 2 is 1.97 bits per heavy atom. The number of nitrogens with one attached hydrogen (secondary N) is 2. The molecule has 1 heterocycles. The fourth-order valence-corrected chi connectivity index (χ4v) is 3.02. The van der Waals surface area contributed by atoms with Crippen LogP contribution in [-0.4, -0.2) is 54.3 Å². The van der Waals surface area contributed by atoms with E-state index in [-0.39, 0.29) is 18.5 Å². The summed E-state index contributed by atoms with van der Waals surface area (Å²) >= 11 is 0. The van der Waals surface area contributed by atoms with Crippen LogP contribution < -0.4 is 15.4 Å². The quantitative estimate of drug-likeness (QED) is 0.421. The second kappa shape index (κ2) is 11.0. The maximum absolute atomic E-state index is 12.1. The van der Waals surface area contributed by atoms with Gasteiger partial charge in [0.2, 0.25) is 5.91 Å². The fourth-order valence-electron chi connectivity index (χ4n) is 3.02. The smallest absolute Gasteiger partial charge is 0.241 e. The Morgan fingerprint density at radius 3 is 2.62 bits per heavy atom. The molecule has 0 radical (unpaired) electrons. The summed E-state index contributed by atoms with van der Waals surface area (Å²) in [5, 5.41) is 10.8. The monoisotopic (exact) mass is 434 g/mol. The Bertz CT molecular complexity index is 1030. The van der Waals surface area contributed by atoms with Crippen LogP contribution in [0.5, 0.6) is 5.75 Å². The van der Waals surface area contributed by atoms with Crippen molar-refractivity contribution < 1.29 is 9.53 Å². The summed E-state index contributed by atoms with van der Waals surface area (Å²) in [6, 6.07) is 17.8. The molecule has 168 valence electrons. The summed E-state index contributed by atoms with van der Waals surface area (Å²) in [6.07, 6.45) is 3.66. The first-order chi connectivity index (χ1) is 15.5. The third kappa shape index (κ3) is 6.34. The molecule has 0 spiro atoms. The lowest BCUT2D eigenvalue weighted by molar-refractivity contribution is -0.127. The molecule has 2 aromatic carbocycles. The molecule has 0 aliphatic heterocycles. The van der Waals surface area contributed by atoms with Gasteiger partial charge in [0.05, 0.1) is 31.9 Å². The van der Waals surface area contributed by atoms with Crippen LogP contribution >= 0.6 is 0 Å². The number of rotatable bonds is 8. The second-order valence-electron chi connectivity index (χ2n) is 7.57. The molecule has 32 heavy (non-hydrogen) atoms. The first-order valence-electron chi connectivity index (χ1n) is 10.4. The molecule has 0 saturated carbocycles. The molecule has 1 unspecified atom stereocenters. The molecule has 2 N–H and O–H groups in total. The zero-order chi connectivity index (χ0) is 22.9. The molecule has 8 heteroatoms. The van der Waals surface area contributed by atoms with Gasteiger partial charge in [-0.25, -0.2) is 9.67 Å². The van der Waals surface area contributed by atoms with Crippen molar-refractivity contribution in [3.05, 3.63) is 78.1 Å². The Labute approximate surface area is 188 Å². The number of benzene rings is 2. The van der Waals surface area contributed by atoms with Gasteiger partial charge in [-0.3, -0.25) is 4.79 Å². The van der Waals surface area contributed by atoms with E-state index in [2.05, 4.69) is 39.8 Å². The zero-order valence-electron chi connectivity index (χ0n) is 18.9. The van der Waals surface area contributed by atoms with E-state index in [9.17, 15) is 4.79 Å². The third-order valence-electron chi connectivity index (χ3n) is 4.98. The lowest BCUT2D eigenvalue weighted by atomic mass is 10.1. The number of aliphatic imine (C=N–C) groups is 1. The summed E-state index contributed by atoms with van der Waals surface area (Å²) in [5.74, 6) is 1.33. The molecule has 0 fully saturated rings. The van der Waals surface area contributed by atoms with E-state index in [4.69, 9.17) is 4.74 Å². The molecule has 1 amide bonds. The highest BCUT2D eigenvalue weighted by atomic mass is 16.5. The molecule has 0 aliphatic carbocycles. The van der Waals surface area contributed by atoms with Crippen molar-refractivity contribution in [1.29, 1.82) is 0 Å². The van der Waals surface area contributed by atoms with Gasteiger partial charge < -0.3 is 20.3 Å². The summed E-state index contributed by atoms with van der Waals surface area (Å²) < 4.78 is 7.03. The summed E-state index contributed by atoms with van der Waals surface area (Å²) in [4.78, 5) is 18.3. The number of amides is 1. The van der Waals surface area contributed by atoms with Crippen LogP contribution in [0.2, 0.25) is 0 Å². The molecule has 8 nitrogen and oxygen atoms in total. The molecule has 0 aliphatic rings. The van der Waals surface area contributed by atoms with Crippen LogP contribution in [0.4, 0.5) is 0 Å². The van der Waals surface area contributed by atoms with Gasteiger partial charge in [0.1, 0.15) is 5.75 Å². The number of nitrogens with zero attached hydrogens (tertiary/aromatic N) is 4. The number of methoxy groups -OCH3 is 1. The van der Waals surface area contributed by atoms with Crippen LogP contribution in [0, 0.1) is 0 Å². The summed E-state index contributed by atoms with van der Waals surface area (Å²) in [6.45, 7) is 2.68. The van der Waals surface area contributed by atoms with E-state index in [1.54, 1.807) is 32.3 Å². The maximum atomic E-state index is 12.1. The number of ether oxygens (including phenoxy) is 1. The van der Waals surface area contributed by atoms with Gasteiger partial charge in [0.15, 0.2) is 5.96 Å². The minimum absolute atomic E-state index is 0.0303. The largest absolute Gasteiger partial charge is 0.497 e. The predicted molar refractivity (Wildman–Crippen MR) is 126 cm³/mol. The highest BCUT2D eigenvalue weighted by Crippen LogP contribution is 2.17. The van der Waals surface area contributed by atoms with Crippen molar-refractivity contribution in [3.8, 4) is 11.4 Å². The van der Waals surface area contributed by atoms with Crippen molar-refractivity contribution in [3.63, 3.8) is 0 Å². The van der Waals surface area contributed by atoms with E-state index < -0.39 is 0 Å². The number of hydrogen-bond acceptors (Lipinski definition) is 4. The maximum Gasteiger partial charge on any atom is 0.241 e. The SMILES string of the molecule is COc1ccc(CN=C(NCC(=O)N(C)C)NC(C)c2cccc(-n3cccn3)c2)cc1. The first kappa shape index (κ1) is 22.9. The number of carbonyl (C=O) groups excluding carboxylic acids is 1. The zero-order valence-corrected chi connectivity index (χ0v) is 18.9. The minimum atomic E-state index is -0.0397. The number of carbonyl (C=O) groups is 1. The minimum Gasteiger partial charge on any atom is -0.497 e. The molecular formula is C24H30N6O2. The van der Waals surface area contributed by atoms with Crippen molar-refractivity contribution in [2.24, 2.45) is 4.99 Å². The van der Waals surface area contributed by atoms with E-state index in [0.717, 1.165) is 22.6 Å². The molecular weight excluding hydrogens is 404 g/mol. The van der Waals surface area contributed by atoms with E-state index in [1.807, 2.05) is 53.3 Å². The standard InChI is InChI=1S/C24H30N6O2/c1-18(20-7-5-8-21(15-20)30-14-6-13-27-30)28-24(26-17-23(31)29(2)3)25-16-19-9-11-22(32-4)12-10-19/h5-15,18H,16-17H2,1-4H3,(H2,25,26,28). The van der Waals surface area contributed by atoms with Crippen molar-refractivity contribution in [2.75, 3.05) is 27.7 Å². The van der Waals surface area contributed by atoms with E-state index in [0.29, 0.717) is 12.5 Å². The number of hydrogen-bond donors (Lipinski definition) is 2.